The monoisotopic (exact) mass is 418 g/mol. The van der Waals surface area contributed by atoms with E-state index in [1.807, 2.05) is 6.92 Å². The predicted octanol–water partition coefficient (Wildman–Crippen LogP) is 3.90. The van der Waals surface area contributed by atoms with Crippen LogP contribution in [0.1, 0.15) is 5.56 Å². The second kappa shape index (κ2) is 5.75. The lowest BCUT2D eigenvalue weighted by Crippen LogP contribution is -2.13. The Morgan fingerprint density at radius 1 is 1.10 bits per heavy atom. The van der Waals surface area contributed by atoms with Crippen molar-refractivity contribution in [3.63, 3.8) is 0 Å². The summed E-state index contributed by atoms with van der Waals surface area (Å²) in [6, 6.07) is 9.97. The van der Waals surface area contributed by atoms with E-state index in [-0.39, 0.29) is 4.90 Å². The van der Waals surface area contributed by atoms with Gasteiger partial charge in [0.15, 0.2) is 0 Å². The first-order valence-corrected chi connectivity index (χ1v) is 8.70. The van der Waals surface area contributed by atoms with Crippen molar-refractivity contribution in [2.24, 2.45) is 0 Å². The molecule has 0 spiro atoms. The van der Waals surface area contributed by atoms with E-state index in [4.69, 9.17) is 5.73 Å². The van der Waals surface area contributed by atoms with Crippen molar-refractivity contribution in [3.05, 3.63) is 50.9 Å². The number of halogens is 2. The number of nitrogen functional groups attached to an aromatic ring is 1. The van der Waals surface area contributed by atoms with Crippen molar-refractivity contribution >= 4 is 53.3 Å². The van der Waals surface area contributed by atoms with Crippen LogP contribution in [0.15, 0.2) is 50.2 Å². The molecular weight excluding hydrogens is 408 g/mol. The maximum Gasteiger partial charge on any atom is 0.263 e. The Balaban J connectivity index is 2.40. The number of sulfonamides is 1. The summed E-state index contributed by atoms with van der Waals surface area (Å²) >= 11 is 6.51. The van der Waals surface area contributed by atoms with Gasteiger partial charge in [-0.3, -0.25) is 4.72 Å². The number of benzene rings is 2. The molecule has 0 aliphatic rings. The molecule has 106 valence electrons. The SMILES string of the molecule is Cc1cc(NS(=O)(=O)c2cc(Br)ccc2Br)ccc1N. The molecule has 4 nitrogen and oxygen atoms in total. The number of anilines is 2. The standard InChI is InChI=1S/C13H12Br2N2O2S/c1-8-6-10(3-5-12(8)16)17-20(18,19)13-7-9(14)2-4-11(13)15/h2-7,17H,16H2,1H3. The molecule has 0 aromatic heterocycles. The summed E-state index contributed by atoms with van der Waals surface area (Å²) < 4.78 is 28.5. The smallest absolute Gasteiger partial charge is 0.263 e. The Morgan fingerprint density at radius 3 is 2.45 bits per heavy atom. The molecule has 20 heavy (non-hydrogen) atoms. The molecule has 0 radical (unpaired) electrons. The third-order valence-electron chi connectivity index (χ3n) is 2.70. The number of hydrogen-bond donors (Lipinski definition) is 2. The van der Waals surface area contributed by atoms with Crippen LogP contribution in [0, 0.1) is 6.92 Å². The van der Waals surface area contributed by atoms with Crippen LogP contribution >= 0.6 is 31.9 Å². The molecule has 0 atom stereocenters. The van der Waals surface area contributed by atoms with Gasteiger partial charge in [0.2, 0.25) is 0 Å². The fourth-order valence-electron chi connectivity index (χ4n) is 1.63. The normalized spacial score (nSPS) is 11.3. The second-order valence-electron chi connectivity index (χ2n) is 4.25. The van der Waals surface area contributed by atoms with E-state index in [2.05, 4.69) is 36.6 Å². The number of nitrogens with two attached hydrogens (primary N) is 1. The summed E-state index contributed by atoms with van der Waals surface area (Å²) in [5.74, 6) is 0. The lowest BCUT2D eigenvalue weighted by molar-refractivity contribution is 0.600. The molecular formula is C13H12Br2N2O2S. The number of nitrogens with one attached hydrogen (secondary N) is 1. The first-order chi connectivity index (χ1) is 9.29. The van der Waals surface area contributed by atoms with Crippen LogP contribution in [0.3, 0.4) is 0 Å². The number of hydrogen-bond acceptors (Lipinski definition) is 3. The lowest BCUT2D eigenvalue weighted by Gasteiger charge is -2.11. The molecule has 2 aromatic carbocycles. The average molecular weight is 420 g/mol. The molecule has 0 bridgehead atoms. The molecule has 3 N–H and O–H groups in total. The zero-order valence-electron chi connectivity index (χ0n) is 10.5. The maximum atomic E-state index is 12.4. The molecule has 7 heteroatoms. The predicted molar refractivity (Wildman–Crippen MR) is 88.2 cm³/mol. The van der Waals surface area contributed by atoms with Gasteiger partial charge in [-0.05, 0) is 64.8 Å². The molecule has 0 aliphatic heterocycles. The molecule has 0 heterocycles. The number of aryl methyl sites for hydroxylation is 1. The molecule has 0 amide bonds. The maximum absolute atomic E-state index is 12.4. The highest BCUT2D eigenvalue weighted by molar-refractivity contribution is 9.11. The highest BCUT2D eigenvalue weighted by Crippen LogP contribution is 2.28. The van der Waals surface area contributed by atoms with E-state index in [0.717, 1.165) is 5.56 Å². The summed E-state index contributed by atoms with van der Waals surface area (Å²) in [4.78, 5) is 0.168. The van der Waals surface area contributed by atoms with Crippen LogP contribution in [-0.2, 0) is 10.0 Å². The quantitative estimate of drug-likeness (QED) is 0.741. The molecule has 2 aromatic rings. The molecule has 0 saturated carbocycles. The summed E-state index contributed by atoms with van der Waals surface area (Å²) in [7, 11) is -3.66. The van der Waals surface area contributed by atoms with Crippen LogP contribution in [0.5, 0.6) is 0 Å². The van der Waals surface area contributed by atoms with Crippen molar-refractivity contribution in [2.45, 2.75) is 11.8 Å². The summed E-state index contributed by atoms with van der Waals surface area (Å²) in [5, 5.41) is 0. The van der Waals surface area contributed by atoms with Crippen LogP contribution in [0.4, 0.5) is 11.4 Å². The van der Waals surface area contributed by atoms with Gasteiger partial charge in [-0.15, -0.1) is 0 Å². The zero-order chi connectivity index (χ0) is 14.9. The third-order valence-corrected chi connectivity index (χ3v) is 5.57. The Morgan fingerprint density at radius 2 is 1.80 bits per heavy atom. The van der Waals surface area contributed by atoms with Crippen molar-refractivity contribution in [1.29, 1.82) is 0 Å². The first kappa shape index (κ1) is 15.3. The van der Waals surface area contributed by atoms with Crippen molar-refractivity contribution in [1.82, 2.24) is 0 Å². The molecule has 0 unspecified atom stereocenters. The topological polar surface area (TPSA) is 72.2 Å². The minimum atomic E-state index is -3.66. The van der Waals surface area contributed by atoms with Gasteiger partial charge < -0.3 is 5.73 Å². The van der Waals surface area contributed by atoms with Crippen molar-refractivity contribution in [3.8, 4) is 0 Å². The van der Waals surface area contributed by atoms with E-state index in [1.165, 1.54) is 6.07 Å². The van der Waals surface area contributed by atoms with Crippen LogP contribution < -0.4 is 10.5 Å². The third kappa shape index (κ3) is 3.34. The fraction of sp³-hybridized carbons (Fsp3) is 0.0769. The summed E-state index contributed by atoms with van der Waals surface area (Å²) in [5.41, 5.74) is 7.63. The number of rotatable bonds is 3. The van der Waals surface area contributed by atoms with Gasteiger partial charge in [0.05, 0.1) is 0 Å². The minimum Gasteiger partial charge on any atom is -0.399 e. The van der Waals surface area contributed by atoms with E-state index in [0.29, 0.717) is 20.3 Å². The lowest BCUT2D eigenvalue weighted by atomic mass is 10.2. The Hall–Kier alpha value is -1.05. The van der Waals surface area contributed by atoms with Gasteiger partial charge in [0, 0.05) is 20.3 Å². The van der Waals surface area contributed by atoms with E-state index in [9.17, 15) is 8.42 Å². The molecule has 0 fully saturated rings. The van der Waals surface area contributed by atoms with Crippen molar-refractivity contribution < 1.29 is 8.42 Å². The average Bonchev–Trinajstić information content (AvgIpc) is 2.36. The van der Waals surface area contributed by atoms with Gasteiger partial charge in [0.1, 0.15) is 4.90 Å². The van der Waals surface area contributed by atoms with Gasteiger partial charge >= 0.3 is 0 Å². The Labute approximate surface area is 134 Å². The molecule has 0 aliphatic carbocycles. The highest BCUT2D eigenvalue weighted by atomic mass is 79.9. The first-order valence-electron chi connectivity index (χ1n) is 5.63. The summed E-state index contributed by atoms with van der Waals surface area (Å²) in [6.07, 6.45) is 0. The molecule has 2 rings (SSSR count). The Kier molecular flexibility index (Phi) is 4.41. The van der Waals surface area contributed by atoms with E-state index < -0.39 is 10.0 Å². The molecule has 0 saturated heterocycles. The van der Waals surface area contributed by atoms with E-state index in [1.54, 1.807) is 30.3 Å². The van der Waals surface area contributed by atoms with Gasteiger partial charge in [0.25, 0.3) is 10.0 Å². The highest BCUT2D eigenvalue weighted by Gasteiger charge is 2.18. The van der Waals surface area contributed by atoms with Crippen LogP contribution in [0.2, 0.25) is 0 Å². The van der Waals surface area contributed by atoms with Gasteiger partial charge in [-0.25, -0.2) is 8.42 Å². The van der Waals surface area contributed by atoms with Gasteiger partial charge in [-0.2, -0.15) is 0 Å². The van der Waals surface area contributed by atoms with E-state index >= 15 is 0 Å². The van der Waals surface area contributed by atoms with Crippen LogP contribution in [-0.4, -0.2) is 8.42 Å². The minimum absolute atomic E-state index is 0.168. The fourth-order valence-corrected chi connectivity index (χ4v) is 4.19. The summed E-state index contributed by atoms with van der Waals surface area (Å²) in [6.45, 7) is 1.82. The van der Waals surface area contributed by atoms with Crippen molar-refractivity contribution in [2.75, 3.05) is 10.5 Å². The Bertz CT molecular complexity index is 761. The largest absolute Gasteiger partial charge is 0.399 e. The second-order valence-corrected chi connectivity index (χ2v) is 7.67. The van der Waals surface area contributed by atoms with Crippen LogP contribution in [0.25, 0.3) is 0 Å². The zero-order valence-corrected chi connectivity index (χ0v) is 14.5. The van der Waals surface area contributed by atoms with Gasteiger partial charge in [-0.1, -0.05) is 15.9 Å².